The smallest absolute Gasteiger partial charge is 0.0719 e. The number of nitrogens with zero attached hydrogens (tertiary/aromatic N) is 3. The Balaban J connectivity index is 1.75. The molecule has 0 spiro atoms. The predicted octanol–water partition coefficient (Wildman–Crippen LogP) is 0.168. The van der Waals surface area contributed by atoms with Crippen molar-refractivity contribution in [2.24, 2.45) is 5.92 Å². The van der Waals surface area contributed by atoms with Gasteiger partial charge < -0.3 is 15.7 Å². The van der Waals surface area contributed by atoms with Crippen LogP contribution in [0.15, 0.2) is 12.4 Å². The first-order valence-electron chi connectivity index (χ1n) is 5.83. The van der Waals surface area contributed by atoms with E-state index in [2.05, 4.69) is 10.00 Å². The average molecular weight is 224 g/mol. The summed E-state index contributed by atoms with van der Waals surface area (Å²) in [5.41, 5.74) is 6.31. The van der Waals surface area contributed by atoms with E-state index >= 15 is 0 Å². The molecule has 1 fully saturated rings. The van der Waals surface area contributed by atoms with Gasteiger partial charge in [-0.3, -0.25) is 4.68 Å². The minimum atomic E-state index is -0.189. The topological polar surface area (TPSA) is 67.3 Å². The van der Waals surface area contributed by atoms with Crippen LogP contribution in [0.5, 0.6) is 0 Å². The molecule has 5 nitrogen and oxygen atoms in total. The highest BCUT2D eigenvalue weighted by Crippen LogP contribution is 2.19. The zero-order chi connectivity index (χ0) is 11.5. The summed E-state index contributed by atoms with van der Waals surface area (Å²) in [6, 6.07) is 0. The van der Waals surface area contributed by atoms with Gasteiger partial charge in [-0.25, -0.2) is 0 Å². The largest absolute Gasteiger partial charge is 0.396 e. The average Bonchev–Trinajstić information content (AvgIpc) is 2.83. The summed E-state index contributed by atoms with van der Waals surface area (Å²) in [6.45, 7) is 5.79. The number of aliphatic hydroxyl groups is 1. The van der Waals surface area contributed by atoms with Crippen molar-refractivity contribution >= 4 is 5.69 Å². The van der Waals surface area contributed by atoms with E-state index in [1.807, 2.05) is 17.8 Å². The highest BCUT2D eigenvalue weighted by atomic mass is 16.3. The van der Waals surface area contributed by atoms with E-state index in [0.717, 1.165) is 32.6 Å². The number of nitrogen functional groups attached to an aromatic ring is 1. The maximum Gasteiger partial charge on any atom is 0.0719 e. The van der Waals surface area contributed by atoms with E-state index in [1.165, 1.54) is 0 Å². The van der Waals surface area contributed by atoms with E-state index in [0.29, 0.717) is 11.6 Å². The van der Waals surface area contributed by atoms with Crippen LogP contribution in [0.4, 0.5) is 5.69 Å². The number of aliphatic hydroxyl groups excluding tert-OH is 1. The second kappa shape index (κ2) is 4.84. The maximum absolute atomic E-state index is 9.50. The van der Waals surface area contributed by atoms with Gasteiger partial charge in [-0.2, -0.15) is 5.10 Å². The lowest BCUT2D eigenvalue weighted by Crippen LogP contribution is -2.27. The third kappa shape index (κ3) is 2.74. The lowest BCUT2D eigenvalue weighted by atomic mass is 10.0. The van der Waals surface area contributed by atoms with Gasteiger partial charge in [0.2, 0.25) is 0 Å². The molecule has 3 N–H and O–H groups in total. The van der Waals surface area contributed by atoms with Crippen molar-refractivity contribution in [1.82, 2.24) is 14.7 Å². The Morgan fingerprint density at radius 1 is 1.62 bits per heavy atom. The lowest BCUT2D eigenvalue weighted by Gasteiger charge is -2.17. The Kier molecular flexibility index (Phi) is 3.46. The predicted molar refractivity (Wildman–Crippen MR) is 62.9 cm³/mol. The summed E-state index contributed by atoms with van der Waals surface area (Å²) < 4.78 is 1.87. The number of hydrogen-bond acceptors (Lipinski definition) is 4. The highest BCUT2D eigenvalue weighted by Gasteiger charge is 2.25. The van der Waals surface area contributed by atoms with Gasteiger partial charge in [-0.05, 0) is 25.8 Å². The molecule has 2 atom stereocenters. The first-order chi connectivity index (χ1) is 7.65. The van der Waals surface area contributed by atoms with Gasteiger partial charge >= 0.3 is 0 Å². The quantitative estimate of drug-likeness (QED) is 0.765. The van der Waals surface area contributed by atoms with Crippen molar-refractivity contribution in [3.8, 4) is 0 Å². The van der Waals surface area contributed by atoms with Crippen molar-refractivity contribution in [3.63, 3.8) is 0 Å². The molecular weight excluding hydrogens is 204 g/mol. The van der Waals surface area contributed by atoms with Gasteiger partial charge in [0.05, 0.1) is 24.5 Å². The molecule has 2 rings (SSSR count). The molecule has 1 saturated heterocycles. The zero-order valence-electron chi connectivity index (χ0n) is 9.71. The third-order valence-corrected chi connectivity index (χ3v) is 3.29. The van der Waals surface area contributed by atoms with Gasteiger partial charge in [-0.15, -0.1) is 0 Å². The van der Waals surface area contributed by atoms with Crippen LogP contribution in [0, 0.1) is 5.92 Å². The molecule has 5 heteroatoms. The van der Waals surface area contributed by atoms with Crippen LogP contribution >= 0.6 is 0 Å². The minimum absolute atomic E-state index is 0.189. The normalized spacial score (nSPS) is 23.8. The number of likely N-dealkylation sites (tertiary alicyclic amines) is 1. The number of rotatable bonds is 4. The van der Waals surface area contributed by atoms with E-state index in [1.54, 1.807) is 6.20 Å². The molecule has 0 aromatic carbocycles. The van der Waals surface area contributed by atoms with E-state index < -0.39 is 0 Å². The number of nitrogens with two attached hydrogens (primary N) is 1. The van der Waals surface area contributed by atoms with Crippen LogP contribution in [-0.4, -0.2) is 45.5 Å². The first-order valence-corrected chi connectivity index (χ1v) is 5.83. The summed E-state index contributed by atoms with van der Waals surface area (Å²) in [7, 11) is 0. The summed E-state index contributed by atoms with van der Waals surface area (Å²) >= 11 is 0. The number of anilines is 1. The van der Waals surface area contributed by atoms with Crippen LogP contribution in [0.1, 0.15) is 13.3 Å². The van der Waals surface area contributed by atoms with Gasteiger partial charge in [-0.1, -0.05) is 0 Å². The van der Waals surface area contributed by atoms with Crippen molar-refractivity contribution in [2.75, 3.05) is 25.4 Å². The van der Waals surface area contributed by atoms with Gasteiger partial charge in [0.1, 0.15) is 0 Å². The molecule has 0 amide bonds. The van der Waals surface area contributed by atoms with E-state index in [4.69, 9.17) is 5.73 Å². The van der Waals surface area contributed by atoms with Crippen LogP contribution in [0.25, 0.3) is 0 Å². The second-order valence-corrected chi connectivity index (χ2v) is 4.63. The molecular formula is C11H20N4O. The molecule has 2 unspecified atom stereocenters. The molecule has 90 valence electrons. The molecule has 0 aliphatic carbocycles. The van der Waals surface area contributed by atoms with Gasteiger partial charge in [0.25, 0.3) is 0 Å². The monoisotopic (exact) mass is 224 g/mol. The Morgan fingerprint density at radius 2 is 2.44 bits per heavy atom. The van der Waals surface area contributed by atoms with Gasteiger partial charge in [0.15, 0.2) is 0 Å². The van der Waals surface area contributed by atoms with Crippen molar-refractivity contribution < 1.29 is 5.11 Å². The van der Waals surface area contributed by atoms with Crippen LogP contribution in [0.3, 0.4) is 0 Å². The fourth-order valence-electron chi connectivity index (χ4n) is 2.21. The number of hydrogen-bond donors (Lipinski definition) is 2. The molecule has 2 heterocycles. The fraction of sp³-hybridized carbons (Fsp3) is 0.727. The molecule has 1 aliphatic heterocycles. The van der Waals surface area contributed by atoms with Crippen LogP contribution in [0.2, 0.25) is 0 Å². The molecule has 1 aromatic rings. The van der Waals surface area contributed by atoms with Gasteiger partial charge in [0, 0.05) is 19.3 Å². The molecule has 16 heavy (non-hydrogen) atoms. The SMILES string of the molecule is CC(O)C1CCN(CCn2cc(N)cn2)C1. The lowest BCUT2D eigenvalue weighted by molar-refractivity contribution is 0.127. The molecule has 0 radical (unpaired) electrons. The maximum atomic E-state index is 9.50. The Bertz CT molecular complexity index is 336. The highest BCUT2D eigenvalue weighted by molar-refractivity contribution is 5.30. The van der Waals surface area contributed by atoms with Crippen molar-refractivity contribution in [3.05, 3.63) is 12.4 Å². The Morgan fingerprint density at radius 3 is 3.00 bits per heavy atom. The summed E-state index contributed by atoms with van der Waals surface area (Å²) in [5.74, 6) is 0.433. The molecule has 0 bridgehead atoms. The number of aromatic nitrogens is 2. The Hall–Kier alpha value is -1.07. The standard InChI is InChI=1S/C11H20N4O/c1-9(16)10-2-3-14(7-10)4-5-15-8-11(12)6-13-15/h6,8-10,16H,2-5,7,12H2,1H3. The minimum Gasteiger partial charge on any atom is -0.396 e. The van der Waals surface area contributed by atoms with Crippen molar-refractivity contribution in [1.29, 1.82) is 0 Å². The third-order valence-electron chi connectivity index (χ3n) is 3.29. The van der Waals surface area contributed by atoms with Crippen molar-refractivity contribution in [2.45, 2.75) is 26.0 Å². The summed E-state index contributed by atoms with van der Waals surface area (Å²) in [6.07, 6.45) is 4.43. The summed E-state index contributed by atoms with van der Waals surface area (Å²) in [4.78, 5) is 2.37. The van der Waals surface area contributed by atoms with E-state index in [-0.39, 0.29) is 6.10 Å². The molecule has 0 saturated carbocycles. The van der Waals surface area contributed by atoms with Crippen LogP contribution < -0.4 is 5.73 Å². The zero-order valence-corrected chi connectivity index (χ0v) is 9.71. The Labute approximate surface area is 95.8 Å². The summed E-state index contributed by atoms with van der Waals surface area (Å²) in [5, 5.41) is 13.6. The second-order valence-electron chi connectivity index (χ2n) is 4.63. The molecule has 1 aliphatic rings. The van der Waals surface area contributed by atoms with Crippen LogP contribution in [-0.2, 0) is 6.54 Å². The fourth-order valence-corrected chi connectivity index (χ4v) is 2.21. The van der Waals surface area contributed by atoms with E-state index in [9.17, 15) is 5.11 Å². The first kappa shape index (κ1) is 11.4. The molecule has 1 aromatic heterocycles.